The van der Waals surface area contributed by atoms with E-state index in [1.54, 1.807) is 0 Å². The van der Waals surface area contributed by atoms with Crippen LogP contribution in [0, 0.1) is 0 Å². The van der Waals surface area contributed by atoms with Gasteiger partial charge in [-0.3, -0.25) is 9.69 Å². The van der Waals surface area contributed by atoms with E-state index in [0.717, 1.165) is 51.0 Å². The zero-order valence-electron chi connectivity index (χ0n) is 10.6. The van der Waals surface area contributed by atoms with Gasteiger partial charge in [-0.1, -0.05) is 0 Å². The molecule has 102 valence electrons. The molecule has 4 nitrogen and oxygen atoms in total. The summed E-state index contributed by atoms with van der Waals surface area (Å²) in [4.78, 5) is 13.5. The van der Waals surface area contributed by atoms with Crippen molar-refractivity contribution in [1.82, 2.24) is 4.90 Å². The van der Waals surface area contributed by atoms with Crippen molar-refractivity contribution in [1.29, 1.82) is 0 Å². The minimum absolute atomic E-state index is 0.0548. The molecule has 3 heterocycles. The lowest BCUT2D eigenvalue weighted by Crippen LogP contribution is -2.51. The molecule has 3 rings (SSSR count). The molecular formula is C13H21NO3S. The summed E-state index contributed by atoms with van der Waals surface area (Å²) in [5.41, 5.74) is 0.0548. The van der Waals surface area contributed by atoms with E-state index in [4.69, 9.17) is 4.74 Å². The van der Waals surface area contributed by atoms with E-state index in [1.807, 2.05) is 11.8 Å². The Hall–Kier alpha value is -0.260. The summed E-state index contributed by atoms with van der Waals surface area (Å²) in [5.74, 6) is 1.64. The van der Waals surface area contributed by atoms with Gasteiger partial charge in [0.15, 0.2) is 0 Å². The van der Waals surface area contributed by atoms with Gasteiger partial charge in [0.2, 0.25) is 0 Å². The largest absolute Gasteiger partial charge is 0.480 e. The highest BCUT2D eigenvalue weighted by Crippen LogP contribution is 2.40. The fourth-order valence-corrected chi connectivity index (χ4v) is 5.02. The highest BCUT2D eigenvalue weighted by molar-refractivity contribution is 7.99. The quantitative estimate of drug-likeness (QED) is 0.826. The Kier molecular flexibility index (Phi) is 3.56. The molecule has 18 heavy (non-hydrogen) atoms. The normalized spacial score (nSPS) is 41.6. The molecule has 0 saturated carbocycles. The van der Waals surface area contributed by atoms with Crippen LogP contribution in [0.15, 0.2) is 0 Å². The van der Waals surface area contributed by atoms with Crippen molar-refractivity contribution in [2.24, 2.45) is 0 Å². The van der Waals surface area contributed by atoms with E-state index >= 15 is 0 Å². The number of hydrogen-bond donors (Lipinski definition) is 1. The second-order valence-corrected chi connectivity index (χ2v) is 6.82. The first-order valence-corrected chi connectivity index (χ1v) is 8.06. The van der Waals surface area contributed by atoms with Gasteiger partial charge in [-0.2, -0.15) is 11.8 Å². The van der Waals surface area contributed by atoms with Gasteiger partial charge >= 0.3 is 5.97 Å². The highest BCUT2D eigenvalue weighted by atomic mass is 32.2. The van der Waals surface area contributed by atoms with Crippen LogP contribution in [-0.2, 0) is 9.53 Å². The predicted octanol–water partition coefficient (Wildman–Crippen LogP) is 1.59. The second kappa shape index (κ2) is 5.02. The fraction of sp³-hybridized carbons (Fsp3) is 0.923. The number of rotatable bonds is 2. The van der Waals surface area contributed by atoms with Crippen LogP contribution in [0.5, 0.6) is 0 Å². The molecule has 3 unspecified atom stereocenters. The van der Waals surface area contributed by atoms with E-state index in [1.165, 1.54) is 5.75 Å². The molecule has 0 aliphatic carbocycles. The summed E-state index contributed by atoms with van der Waals surface area (Å²) in [7, 11) is 0. The van der Waals surface area contributed by atoms with Crippen LogP contribution in [0.1, 0.15) is 32.1 Å². The molecule has 1 N–H and O–H groups in total. The summed E-state index contributed by atoms with van der Waals surface area (Å²) < 4.78 is 6.02. The van der Waals surface area contributed by atoms with Crippen LogP contribution in [0.25, 0.3) is 0 Å². The molecule has 0 amide bonds. The SMILES string of the molecule is O=C(O)C1CCCN1C1CCOC2(CCSC2)C1. The topological polar surface area (TPSA) is 49.8 Å². The van der Waals surface area contributed by atoms with Gasteiger partial charge < -0.3 is 9.84 Å². The lowest BCUT2D eigenvalue weighted by molar-refractivity contribution is -0.146. The van der Waals surface area contributed by atoms with Crippen molar-refractivity contribution in [2.75, 3.05) is 24.7 Å². The van der Waals surface area contributed by atoms with Crippen molar-refractivity contribution in [3.05, 3.63) is 0 Å². The summed E-state index contributed by atoms with van der Waals surface area (Å²) in [6, 6.07) is 0.167. The average molecular weight is 271 g/mol. The van der Waals surface area contributed by atoms with Crippen LogP contribution < -0.4 is 0 Å². The van der Waals surface area contributed by atoms with Crippen molar-refractivity contribution in [3.63, 3.8) is 0 Å². The third-order valence-electron chi connectivity index (χ3n) is 4.58. The number of likely N-dealkylation sites (tertiary alicyclic amines) is 1. The molecule has 1 spiro atoms. The maximum atomic E-state index is 11.3. The van der Waals surface area contributed by atoms with Crippen LogP contribution in [-0.4, -0.2) is 58.3 Å². The Morgan fingerprint density at radius 3 is 3.06 bits per heavy atom. The lowest BCUT2D eigenvalue weighted by Gasteiger charge is -2.42. The van der Waals surface area contributed by atoms with Crippen LogP contribution >= 0.6 is 11.8 Å². The first kappa shape index (κ1) is 12.8. The van der Waals surface area contributed by atoms with Crippen molar-refractivity contribution < 1.29 is 14.6 Å². The number of carboxylic acids is 1. The van der Waals surface area contributed by atoms with Crippen LogP contribution in [0.2, 0.25) is 0 Å². The smallest absolute Gasteiger partial charge is 0.320 e. The number of carbonyl (C=O) groups is 1. The first-order chi connectivity index (χ1) is 8.70. The molecule has 0 aromatic rings. The van der Waals surface area contributed by atoms with E-state index < -0.39 is 5.97 Å². The number of thioether (sulfide) groups is 1. The second-order valence-electron chi connectivity index (χ2n) is 5.71. The molecule has 5 heteroatoms. The number of hydrogen-bond acceptors (Lipinski definition) is 4. The Labute approximate surface area is 112 Å². The molecule has 3 saturated heterocycles. The Bertz CT molecular complexity index is 330. The predicted molar refractivity (Wildman–Crippen MR) is 71.0 cm³/mol. The molecule has 3 atom stereocenters. The molecule has 3 aliphatic rings. The number of ether oxygens (including phenoxy) is 1. The lowest BCUT2D eigenvalue weighted by atomic mass is 9.88. The maximum Gasteiger partial charge on any atom is 0.320 e. The molecule has 0 bridgehead atoms. The van der Waals surface area contributed by atoms with Gasteiger partial charge in [-0.25, -0.2) is 0 Å². The van der Waals surface area contributed by atoms with E-state index in [9.17, 15) is 9.90 Å². The van der Waals surface area contributed by atoms with Gasteiger partial charge in [-0.05, 0) is 44.4 Å². The van der Waals surface area contributed by atoms with Gasteiger partial charge in [0.1, 0.15) is 6.04 Å². The Morgan fingerprint density at radius 2 is 2.33 bits per heavy atom. The molecule has 0 radical (unpaired) electrons. The summed E-state index contributed by atoms with van der Waals surface area (Å²) in [5, 5.41) is 9.29. The standard InChI is InChI=1S/C13H21NO3S/c15-12(16)11-2-1-5-14(11)10-3-6-17-13(8-10)4-7-18-9-13/h10-11H,1-9H2,(H,15,16). The summed E-state index contributed by atoms with van der Waals surface area (Å²) >= 11 is 1.97. The van der Waals surface area contributed by atoms with Crippen molar-refractivity contribution in [3.8, 4) is 0 Å². The fourth-order valence-electron chi connectivity index (χ4n) is 3.64. The maximum absolute atomic E-state index is 11.3. The number of aliphatic carboxylic acids is 1. The van der Waals surface area contributed by atoms with Gasteiger partial charge in [-0.15, -0.1) is 0 Å². The number of carboxylic acid groups (broad SMARTS) is 1. The van der Waals surface area contributed by atoms with Gasteiger partial charge in [0, 0.05) is 18.4 Å². The minimum Gasteiger partial charge on any atom is -0.480 e. The zero-order chi connectivity index (χ0) is 12.6. The van der Waals surface area contributed by atoms with E-state index in [2.05, 4.69) is 4.90 Å². The van der Waals surface area contributed by atoms with Crippen LogP contribution in [0.4, 0.5) is 0 Å². The molecule has 3 aliphatic heterocycles. The van der Waals surface area contributed by atoms with E-state index in [-0.39, 0.29) is 11.6 Å². The van der Waals surface area contributed by atoms with Gasteiger partial charge in [0.05, 0.1) is 5.60 Å². The Morgan fingerprint density at radius 1 is 1.44 bits per heavy atom. The molecular weight excluding hydrogens is 250 g/mol. The highest BCUT2D eigenvalue weighted by Gasteiger charge is 2.45. The zero-order valence-corrected chi connectivity index (χ0v) is 11.5. The average Bonchev–Trinajstić information content (AvgIpc) is 2.98. The van der Waals surface area contributed by atoms with Crippen molar-refractivity contribution >= 4 is 17.7 Å². The summed E-state index contributed by atoms with van der Waals surface area (Å²) in [6.07, 6.45) is 5.00. The van der Waals surface area contributed by atoms with Crippen molar-refractivity contribution in [2.45, 2.75) is 49.8 Å². The Balaban J connectivity index is 1.70. The molecule has 0 aromatic heterocycles. The van der Waals surface area contributed by atoms with E-state index in [0.29, 0.717) is 6.04 Å². The third-order valence-corrected chi connectivity index (χ3v) is 5.81. The molecule has 3 fully saturated rings. The first-order valence-electron chi connectivity index (χ1n) is 6.90. The van der Waals surface area contributed by atoms with Crippen LogP contribution in [0.3, 0.4) is 0 Å². The molecule has 0 aromatic carbocycles. The summed E-state index contributed by atoms with van der Waals surface area (Å²) in [6.45, 7) is 1.75. The minimum atomic E-state index is -0.645. The third kappa shape index (κ3) is 2.28. The number of nitrogens with zero attached hydrogens (tertiary/aromatic N) is 1. The van der Waals surface area contributed by atoms with Gasteiger partial charge in [0.25, 0.3) is 0 Å². The monoisotopic (exact) mass is 271 g/mol.